The van der Waals surface area contributed by atoms with Gasteiger partial charge >= 0.3 is 0 Å². The van der Waals surface area contributed by atoms with Crippen LogP contribution in [0.3, 0.4) is 0 Å². The molecule has 94 valence electrons. The van der Waals surface area contributed by atoms with Crippen LogP contribution < -0.4 is 4.90 Å². The van der Waals surface area contributed by atoms with Gasteiger partial charge < -0.3 is 9.64 Å². The number of hydrogen-bond donors (Lipinski definition) is 0. The Morgan fingerprint density at radius 3 is 2.88 bits per heavy atom. The topological polar surface area (TPSA) is 12.5 Å². The van der Waals surface area contributed by atoms with Crippen LogP contribution >= 0.6 is 15.9 Å². The third kappa shape index (κ3) is 2.80. The lowest BCUT2D eigenvalue weighted by Gasteiger charge is -2.38. The summed E-state index contributed by atoms with van der Waals surface area (Å²) in [6, 6.07) is 5.63. The number of alkyl halides is 1. The third-order valence-corrected chi connectivity index (χ3v) is 3.73. The van der Waals surface area contributed by atoms with Crippen LogP contribution in [0.1, 0.15) is 19.4 Å². The molecule has 2 nitrogen and oxygen atoms in total. The highest BCUT2D eigenvalue weighted by molar-refractivity contribution is 9.08. The molecule has 1 aliphatic heterocycles. The van der Waals surface area contributed by atoms with Crippen LogP contribution in [-0.2, 0) is 10.1 Å². The second kappa shape index (κ2) is 5.36. The van der Waals surface area contributed by atoms with Gasteiger partial charge in [0.1, 0.15) is 5.82 Å². The zero-order chi connectivity index (χ0) is 12.4. The average molecular weight is 302 g/mol. The van der Waals surface area contributed by atoms with Crippen molar-refractivity contribution < 1.29 is 9.13 Å². The molecule has 0 amide bonds. The zero-order valence-electron chi connectivity index (χ0n) is 10.1. The normalized spacial score (nSPS) is 25.1. The van der Waals surface area contributed by atoms with Gasteiger partial charge in [-0.2, -0.15) is 0 Å². The third-order valence-electron chi connectivity index (χ3n) is 3.08. The average Bonchev–Trinajstić information content (AvgIpc) is 2.32. The Labute approximate surface area is 110 Å². The molecule has 0 aliphatic carbocycles. The standard InChI is InChI=1S/C13H17BrFNO/c1-9-8-17-10(2)7-16(9)13-4-3-11(6-14)5-12(13)15/h3-5,9-10H,6-8H2,1-2H3. The molecule has 2 unspecified atom stereocenters. The molecule has 1 aromatic carbocycles. The number of nitrogens with zero attached hydrogens (tertiary/aromatic N) is 1. The van der Waals surface area contributed by atoms with Crippen molar-refractivity contribution >= 4 is 21.6 Å². The van der Waals surface area contributed by atoms with Gasteiger partial charge in [-0.1, -0.05) is 22.0 Å². The monoisotopic (exact) mass is 301 g/mol. The van der Waals surface area contributed by atoms with E-state index in [1.165, 1.54) is 0 Å². The minimum atomic E-state index is -0.150. The van der Waals surface area contributed by atoms with Crippen molar-refractivity contribution in [2.24, 2.45) is 0 Å². The lowest BCUT2D eigenvalue weighted by molar-refractivity contribution is 0.0341. The molecule has 0 saturated carbocycles. The molecule has 1 saturated heterocycles. The zero-order valence-corrected chi connectivity index (χ0v) is 11.7. The summed E-state index contributed by atoms with van der Waals surface area (Å²) < 4.78 is 19.6. The molecule has 2 atom stereocenters. The van der Waals surface area contributed by atoms with Gasteiger partial charge in [-0.15, -0.1) is 0 Å². The first-order valence-corrected chi connectivity index (χ1v) is 6.96. The minimum Gasteiger partial charge on any atom is -0.375 e. The van der Waals surface area contributed by atoms with Gasteiger partial charge in [-0.25, -0.2) is 4.39 Å². The number of hydrogen-bond acceptors (Lipinski definition) is 2. The van der Waals surface area contributed by atoms with E-state index in [0.717, 1.165) is 12.1 Å². The lowest BCUT2D eigenvalue weighted by atomic mass is 10.1. The van der Waals surface area contributed by atoms with E-state index in [-0.39, 0.29) is 18.0 Å². The maximum absolute atomic E-state index is 14.0. The molecule has 0 bridgehead atoms. The number of ether oxygens (including phenoxy) is 1. The fourth-order valence-electron chi connectivity index (χ4n) is 2.11. The van der Waals surface area contributed by atoms with Gasteiger partial charge in [-0.3, -0.25) is 0 Å². The maximum atomic E-state index is 14.0. The first-order chi connectivity index (χ1) is 8.11. The van der Waals surface area contributed by atoms with Crippen molar-refractivity contribution in [1.29, 1.82) is 0 Å². The van der Waals surface area contributed by atoms with Crippen molar-refractivity contribution in [3.05, 3.63) is 29.6 Å². The number of rotatable bonds is 2. The van der Waals surface area contributed by atoms with Crippen LogP contribution in [0.5, 0.6) is 0 Å². The Bertz CT molecular complexity index is 399. The summed E-state index contributed by atoms with van der Waals surface area (Å²) in [5, 5.41) is 0.680. The Morgan fingerprint density at radius 1 is 1.47 bits per heavy atom. The fraction of sp³-hybridized carbons (Fsp3) is 0.538. The van der Waals surface area contributed by atoms with Gasteiger partial charge in [-0.05, 0) is 31.5 Å². The van der Waals surface area contributed by atoms with Crippen LogP contribution in [0, 0.1) is 5.82 Å². The van der Waals surface area contributed by atoms with E-state index in [0.29, 0.717) is 17.6 Å². The van der Waals surface area contributed by atoms with Gasteiger partial charge in [0.15, 0.2) is 0 Å². The van der Waals surface area contributed by atoms with E-state index in [4.69, 9.17) is 4.74 Å². The summed E-state index contributed by atoms with van der Waals surface area (Å²) in [6.07, 6.45) is 0.154. The van der Waals surface area contributed by atoms with Crippen LogP contribution in [-0.4, -0.2) is 25.3 Å². The van der Waals surface area contributed by atoms with Gasteiger partial charge in [0.25, 0.3) is 0 Å². The van der Waals surface area contributed by atoms with Crippen molar-refractivity contribution in [2.75, 3.05) is 18.1 Å². The predicted octanol–water partition coefficient (Wildman–Crippen LogP) is 3.33. The van der Waals surface area contributed by atoms with E-state index in [2.05, 4.69) is 27.8 Å². The fourth-order valence-corrected chi connectivity index (χ4v) is 2.45. The molecule has 1 aromatic rings. The molecule has 17 heavy (non-hydrogen) atoms. The van der Waals surface area contributed by atoms with Crippen molar-refractivity contribution in [3.63, 3.8) is 0 Å². The van der Waals surface area contributed by atoms with E-state index in [1.807, 2.05) is 19.1 Å². The van der Waals surface area contributed by atoms with Crippen molar-refractivity contribution in [3.8, 4) is 0 Å². The first-order valence-electron chi connectivity index (χ1n) is 5.84. The quantitative estimate of drug-likeness (QED) is 0.777. The van der Waals surface area contributed by atoms with E-state index in [1.54, 1.807) is 6.07 Å². The lowest BCUT2D eigenvalue weighted by Crippen LogP contribution is -2.47. The number of morpholine rings is 1. The molecule has 1 fully saturated rings. The van der Waals surface area contributed by atoms with Gasteiger partial charge in [0.2, 0.25) is 0 Å². The highest BCUT2D eigenvalue weighted by atomic mass is 79.9. The van der Waals surface area contributed by atoms with Gasteiger partial charge in [0, 0.05) is 17.9 Å². The number of anilines is 1. The second-order valence-corrected chi connectivity index (χ2v) is 5.13. The predicted molar refractivity (Wildman–Crippen MR) is 71.3 cm³/mol. The van der Waals surface area contributed by atoms with Crippen molar-refractivity contribution in [1.82, 2.24) is 0 Å². The van der Waals surface area contributed by atoms with Crippen LogP contribution in [0.2, 0.25) is 0 Å². The molecular weight excluding hydrogens is 285 g/mol. The van der Waals surface area contributed by atoms with Gasteiger partial charge in [0.05, 0.1) is 18.4 Å². The smallest absolute Gasteiger partial charge is 0.146 e. The molecule has 0 spiro atoms. The summed E-state index contributed by atoms with van der Waals surface area (Å²) in [6.45, 7) is 5.47. The Morgan fingerprint density at radius 2 is 2.24 bits per heavy atom. The number of benzene rings is 1. The van der Waals surface area contributed by atoms with E-state index >= 15 is 0 Å². The summed E-state index contributed by atoms with van der Waals surface area (Å²) in [7, 11) is 0. The Balaban J connectivity index is 2.26. The van der Waals surface area contributed by atoms with Crippen LogP contribution in [0.4, 0.5) is 10.1 Å². The molecule has 2 rings (SSSR count). The summed E-state index contributed by atoms with van der Waals surface area (Å²) >= 11 is 3.33. The molecule has 4 heteroatoms. The molecule has 0 N–H and O–H groups in total. The highest BCUT2D eigenvalue weighted by Gasteiger charge is 2.25. The Hall–Kier alpha value is -0.610. The van der Waals surface area contributed by atoms with Crippen molar-refractivity contribution in [2.45, 2.75) is 31.3 Å². The summed E-state index contributed by atoms with van der Waals surface area (Å²) in [5.41, 5.74) is 1.64. The Kier molecular flexibility index (Phi) is 4.05. The van der Waals surface area contributed by atoms with Crippen LogP contribution in [0.15, 0.2) is 18.2 Å². The first kappa shape index (κ1) is 12.8. The summed E-state index contributed by atoms with van der Waals surface area (Å²) in [5.74, 6) is -0.150. The van der Waals surface area contributed by atoms with Crippen LogP contribution in [0.25, 0.3) is 0 Å². The second-order valence-electron chi connectivity index (χ2n) is 4.56. The largest absolute Gasteiger partial charge is 0.375 e. The highest BCUT2D eigenvalue weighted by Crippen LogP contribution is 2.26. The van der Waals surface area contributed by atoms with E-state index in [9.17, 15) is 4.39 Å². The molecule has 0 radical (unpaired) electrons. The minimum absolute atomic E-state index is 0.150. The van der Waals surface area contributed by atoms with E-state index < -0.39 is 0 Å². The summed E-state index contributed by atoms with van der Waals surface area (Å²) in [4.78, 5) is 2.08. The molecule has 0 aromatic heterocycles. The molecule has 1 aliphatic rings. The maximum Gasteiger partial charge on any atom is 0.146 e. The molecule has 1 heterocycles. The SMILES string of the molecule is CC1CN(c2ccc(CBr)cc2F)C(C)CO1. The molecular formula is C13H17BrFNO. The number of halogens is 2.